The first-order chi connectivity index (χ1) is 7.93. The van der Waals surface area contributed by atoms with Crippen molar-refractivity contribution in [2.75, 3.05) is 13.6 Å². The molecular formula is C11H11N3O2S. The molecule has 1 aromatic carbocycles. The number of aryl methyl sites for hydroxylation is 1. The Labute approximate surface area is 101 Å². The molecule has 0 aliphatic carbocycles. The number of nitrogens with zero attached hydrogens (tertiary/aromatic N) is 3. The maximum Gasteiger partial charge on any atom is 0.244 e. The van der Waals surface area contributed by atoms with Crippen molar-refractivity contribution in [2.24, 2.45) is 0 Å². The van der Waals surface area contributed by atoms with E-state index in [4.69, 9.17) is 10.5 Å². The van der Waals surface area contributed by atoms with E-state index in [1.807, 2.05) is 6.07 Å². The van der Waals surface area contributed by atoms with Gasteiger partial charge in [0.1, 0.15) is 6.54 Å². The molecule has 1 aromatic rings. The quantitative estimate of drug-likeness (QED) is 0.748. The minimum Gasteiger partial charge on any atom is -0.207 e. The molecule has 0 spiro atoms. The molecule has 6 heteroatoms. The van der Waals surface area contributed by atoms with Gasteiger partial charge < -0.3 is 0 Å². The van der Waals surface area contributed by atoms with E-state index in [0.29, 0.717) is 5.56 Å². The van der Waals surface area contributed by atoms with Crippen LogP contribution in [0.3, 0.4) is 0 Å². The van der Waals surface area contributed by atoms with E-state index in [1.54, 1.807) is 25.1 Å². The zero-order chi connectivity index (χ0) is 13.1. The van der Waals surface area contributed by atoms with Crippen LogP contribution in [0.15, 0.2) is 23.1 Å². The second-order valence-electron chi connectivity index (χ2n) is 3.51. The minimum atomic E-state index is -3.70. The highest BCUT2D eigenvalue weighted by Crippen LogP contribution is 2.19. The van der Waals surface area contributed by atoms with Crippen LogP contribution in [0.1, 0.15) is 11.1 Å². The molecule has 0 unspecified atom stereocenters. The predicted molar refractivity (Wildman–Crippen MR) is 61.3 cm³/mol. The van der Waals surface area contributed by atoms with Gasteiger partial charge in [-0.2, -0.15) is 14.8 Å². The Balaban J connectivity index is 3.35. The van der Waals surface area contributed by atoms with Crippen LogP contribution >= 0.6 is 0 Å². The zero-order valence-corrected chi connectivity index (χ0v) is 10.3. The van der Waals surface area contributed by atoms with Gasteiger partial charge in [-0.05, 0) is 24.6 Å². The molecule has 0 aromatic heterocycles. The summed E-state index contributed by atoms with van der Waals surface area (Å²) in [7, 11) is -2.37. The van der Waals surface area contributed by atoms with Crippen molar-refractivity contribution in [1.82, 2.24) is 4.31 Å². The molecule has 88 valence electrons. The molecule has 1 rings (SSSR count). The summed E-state index contributed by atoms with van der Waals surface area (Å²) in [6.07, 6.45) is 0. The molecular weight excluding hydrogens is 238 g/mol. The van der Waals surface area contributed by atoms with Gasteiger partial charge in [-0.15, -0.1) is 0 Å². The Morgan fingerprint density at radius 3 is 2.53 bits per heavy atom. The molecule has 0 aliphatic heterocycles. The summed E-state index contributed by atoms with van der Waals surface area (Å²) < 4.78 is 25.1. The van der Waals surface area contributed by atoms with Crippen molar-refractivity contribution in [1.29, 1.82) is 10.5 Å². The Morgan fingerprint density at radius 2 is 2.00 bits per heavy atom. The standard InChI is InChI=1S/C11H11N3O2S/c1-9-3-4-10(8-13)7-11(9)17(15,16)14(2)6-5-12/h3-4,7H,6H2,1-2H3. The number of rotatable bonds is 3. The van der Waals surface area contributed by atoms with Crippen molar-refractivity contribution in [3.05, 3.63) is 29.3 Å². The zero-order valence-electron chi connectivity index (χ0n) is 9.51. The number of hydrogen-bond donors (Lipinski definition) is 0. The van der Waals surface area contributed by atoms with E-state index in [9.17, 15) is 8.42 Å². The Kier molecular flexibility index (Phi) is 3.84. The number of benzene rings is 1. The molecule has 0 bridgehead atoms. The maximum absolute atomic E-state index is 12.1. The lowest BCUT2D eigenvalue weighted by Crippen LogP contribution is -2.27. The molecule has 0 saturated carbocycles. The summed E-state index contributed by atoms with van der Waals surface area (Å²) in [6, 6.07) is 8.11. The van der Waals surface area contributed by atoms with Crippen molar-refractivity contribution in [2.45, 2.75) is 11.8 Å². The molecule has 0 fully saturated rings. The fourth-order valence-electron chi connectivity index (χ4n) is 1.30. The third-order valence-corrected chi connectivity index (χ3v) is 4.24. The molecule has 5 nitrogen and oxygen atoms in total. The number of nitriles is 2. The third kappa shape index (κ3) is 2.62. The number of sulfonamides is 1. The van der Waals surface area contributed by atoms with Gasteiger partial charge in [0.25, 0.3) is 0 Å². The molecule has 0 heterocycles. The van der Waals surface area contributed by atoms with Crippen LogP contribution < -0.4 is 0 Å². The fraction of sp³-hybridized carbons (Fsp3) is 0.273. The first-order valence-electron chi connectivity index (χ1n) is 4.77. The Hall–Kier alpha value is -1.89. The average molecular weight is 249 g/mol. The van der Waals surface area contributed by atoms with Gasteiger partial charge in [-0.1, -0.05) is 6.07 Å². The van der Waals surface area contributed by atoms with E-state index < -0.39 is 10.0 Å². The molecule has 0 amide bonds. The van der Waals surface area contributed by atoms with E-state index in [0.717, 1.165) is 4.31 Å². The van der Waals surface area contributed by atoms with Crippen LogP contribution in [-0.2, 0) is 10.0 Å². The van der Waals surface area contributed by atoms with Gasteiger partial charge >= 0.3 is 0 Å². The highest BCUT2D eigenvalue weighted by molar-refractivity contribution is 7.89. The van der Waals surface area contributed by atoms with Gasteiger partial charge in [0.2, 0.25) is 10.0 Å². The van der Waals surface area contributed by atoms with Crippen LogP contribution in [0.25, 0.3) is 0 Å². The topological polar surface area (TPSA) is 85.0 Å². The van der Waals surface area contributed by atoms with Gasteiger partial charge in [-0.25, -0.2) is 8.42 Å². The summed E-state index contributed by atoms with van der Waals surface area (Å²) in [5.74, 6) is 0. The fourth-order valence-corrected chi connectivity index (χ4v) is 2.61. The predicted octanol–water partition coefficient (Wildman–Crippen LogP) is 1.01. The van der Waals surface area contributed by atoms with Crippen LogP contribution in [0.5, 0.6) is 0 Å². The summed E-state index contributed by atoms with van der Waals surface area (Å²) in [4.78, 5) is 0.0642. The molecule has 0 radical (unpaired) electrons. The van der Waals surface area contributed by atoms with Gasteiger partial charge in [-0.3, -0.25) is 0 Å². The Morgan fingerprint density at radius 1 is 1.35 bits per heavy atom. The van der Waals surface area contributed by atoms with Gasteiger partial charge in [0, 0.05) is 7.05 Å². The lowest BCUT2D eigenvalue weighted by atomic mass is 10.2. The second kappa shape index (κ2) is 4.96. The molecule has 0 aliphatic rings. The van der Waals surface area contributed by atoms with Gasteiger partial charge in [0.05, 0.1) is 22.6 Å². The average Bonchev–Trinajstić information content (AvgIpc) is 2.29. The van der Waals surface area contributed by atoms with Crippen molar-refractivity contribution < 1.29 is 8.42 Å². The van der Waals surface area contributed by atoms with Crippen molar-refractivity contribution >= 4 is 10.0 Å². The highest BCUT2D eigenvalue weighted by Gasteiger charge is 2.22. The third-order valence-electron chi connectivity index (χ3n) is 2.30. The van der Waals surface area contributed by atoms with E-state index >= 15 is 0 Å². The lowest BCUT2D eigenvalue weighted by Gasteiger charge is -2.15. The highest BCUT2D eigenvalue weighted by atomic mass is 32.2. The Bertz CT molecular complexity index is 609. The molecule has 0 atom stereocenters. The van der Waals surface area contributed by atoms with Crippen LogP contribution in [0.4, 0.5) is 0 Å². The summed E-state index contributed by atoms with van der Waals surface area (Å²) in [6.45, 7) is 1.42. The second-order valence-corrected chi connectivity index (χ2v) is 5.52. The van der Waals surface area contributed by atoms with Crippen molar-refractivity contribution in [3.63, 3.8) is 0 Å². The van der Waals surface area contributed by atoms with E-state index in [1.165, 1.54) is 13.1 Å². The minimum absolute atomic E-state index is 0.0642. The molecule has 0 saturated heterocycles. The maximum atomic E-state index is 12.1. The smallest absolute Gasteiger partial charge is 0.207 e. The van der Waals surface area contributed by atoms with Crippen LogP contribution in [0, 0.1) is 29.6 Å². The van der Waals surface area contributed by atoms with Gasteiger partial charge in [0.15, 0.2) is 0 Å². The SMILES string of the molecule is Cc1ccc(C#N)cc1S(=O)(=O)N(C)CC#N. The summed E-state index contributed by atoms with van der Waals surface area (Å²) in [5, 5.41) is 17.3. The summed E-state index contributed by atoms with van der Waals surface area (Å²) in [5.41, 5.74) is 0.827. The molecule has 17 heavy (non-hydrogen) atoms. The monoisotopic (exact) mass is 249 g/mol. The molecule has 0 N–H and O–H groups in total. The lowest BCUT2D eigenvalue weighted by molar-refractivity contribution is 0.501. The van der Waals surface area contributed by atoms with Crippen molar-refractivity contribution in [3.8, 4) is 12.1 Å². The number of hydrogen-bond acceptors (Lipinski definition) is 4. The van der Waals surface area contributed by atoms with Crippen LogP contribution in [-0.4, -0.2) is 26.3 Å². The van der Waals surface area contributed by atoms with E-state index in [2.05, 4.69) is 0 Å². The normalized spacial score (nSPS) is 10.9. The van der Waals surface area contributed by atoms with E-state index in [-0.39, 0.29) is 17.0 Å². The van der Waals surface area contributed by atoms with Crippen LogP contribution in [0.2, 0.25) is 0 Å². The summed E-state index contributed by atoms with van der Waals surface area (Å²) >= 11 is 0. The largest absolute Gasteiger partial charge is 0.244 e. The first kappa shape index (κ1) is 13.2. The first-order valence-corrected chi connectivity index (χ1v) is 6.21.